The average Bonchev–Trinajstić information content (AvgIpc) is 2.94. The molecule has 0 aromatic heterocycles. The van der Waals surface area contributed by atoms with Crippen LogP contribution in [0.5, 0.6) is 11.5 Å². The molecular weight excluding hydrogens is 402 g/mol. The number of halogens is 1. The van der Waals surface area contributed by atoms with E-state index in [-0.39, 0.29) is 5.91 Å². The summed E-state index contributed by atoms with van der Waals surface area (Å²) in [5.74, 6) is 1.25. The molecule has 3 rings (SSSR count). The minimum atomic E-state index is -0.0922. The Balaban J connectivity index is 1.72. The lowest BCUT2D eigenvalue weighted by atomic mass is 10.1. The number of hydrogen-bond acceptors (Lipinski definition) is 5. The van der Waals surface area contributed by atoms with Crippen LogP contribution < -0.4 is 9.47 Å². The second-order valence-corrected chi connectivity index (χ2v) is 7.88. The summed E-state index contributed by atoms with van der Waals surface area (Å²) in [6.45, 7) is 0.500. The Labute approximate surface area is 173 Å². The fraction of sp³-hybridized carbons (Fsp3) is 0.200. The molecule has 1 aliphatic heterocycles. The van der Waals surface area contributed by atoms with Crippen LogP contribution in [0.3, 0.4) is 0 Å². The van der Waals surface area contributed by atoms with Crippen LogP contribution in [0.4, 0.5) is 0 Å². The van der Waals surface area contributed by atoms with E-state index in [2.05, 4.69) is 0 Å². The summed E-state index contributed by atoms with van der Waals surface area (Å²) >= 11 is 12.9. The molecule has 0 saturated carbocycles. The second kappa shape index (κ2) is 8.78. The Morgan fingerprint density at radius 2 is 1.89 bits per heavy atom. The van der Waals surface area contributed by atoms with Gasteiger partial charge in [0.2, 0.25) is 0 Å². The first-order valence-electron chi connectivity index (χ1n) is 8.24. The Kier molecular flexibility index (Phi) is 6.42. The lowest BCUT2D eigenvalue weighted by Crippen LogP contribution is -2.30. The van der Waals surface area contributed by atoms with Crippen LogP contribution in [-0.4, -0.2) is 35.9 Å². The van der Waals surface area contributed by atoms with Crippen LogP contribution in [-0.2, 0) is 11.2 Å². The maximum Gasteiger partial charge on any atom is 0.266 e. The van der Waals surface area contributed by atoms with Crippen molar-refractivity contribution in [1.82, 2.24) is 4.90 Å². The molecule has 1 amide bonds. The van der Waals surface area contributed by atoms with Crippen molar-refractivity contribution in [2.24, 2.45) is 0 Å². The van der Waals surface area contributed by atoms with Gasteiger partial charge in [0.1, 0.15) is 4.32 Å². The Bertz CT molecular complexity index is 914. The average molecular weight is 420 g/mol. The molecule has 0 bridgehead atoms. The maximum absolute atomic E-state index is 12.7. The van der Waals surface area contributed by atoms with Crippen molar-refractivity contribution in [2.45, 2.75) is 6.42 Å². The zero-order chi connectivity index (χ0) is 19.4. The van der Waals surface area contributed by atoms with E-state index in [1.165, 1.54) is 11.8 Å². The molecule has 1 saturated heterocycles. The minimum absolute atomic E-state index is 0.0922. The van der Waals surface area contributed by atoms with Crippen molar-refractivity contribution in [3.05, 3.63) is 63.5 Å². The molecule has 1 heterocycles. The summed E-state index contributed by atoms with van der Waals surface area (Å²) in [5.41, 5.74) is 1.84. The van der Waals surface area contributed by atoms with Gasteiger partial charge in [0.05, 0.1) is 19.1 Å². The fourth-order valence-corrected chi connectivity index (χ4v) is 4.19. The summed E-state index contributed by atoms with van der Waals surface area (Å²) in [6, 6.07) is 13.1. The van der Waals surface area contributed by atoms with Gasteiger partial charge < -0.3 is 9.47 Å². The number of hydrogen-bond donors (Lipinski definition) is 0. The molecular formula is C20H18ClNO3S2. The lowest BCUT2D eigenvalue weighted by Gasteiger charge is -2.15. The summed E-state index contributed by atoms with van der Waals surface area (Å²) < 4.78 is 11.1. The van der Waals surface area contributed by atoms with Gasteiger partial charge in [0.15, 0.2) is 11.5 Å². The van der Waals surface area contributed by atoms with E-state index in [9.17, 15) is 4.79 Å². The van der Waals surface area contributed by atoms with Gasteiger partial charge in [-0.1, -0.05) is 59.8 Å². The molecule has 2 aromatic carbocycles. The predicted octanol–water partition coefficient (Wildman–Crippen LogP) is 4.80. The second-order valence-electron chi connectivity index (χ2n) is 5.79. The third kappa shape index (κ3) is 4.46. The van der Waals surface area contributed by atoms with Gasteiger partial charge in [-0.2, -0.15) is 0 Å². The van der Waals surface area contributed by atoms with Crippen LogP contribution in [0.25, 0.3) is 6.08 Å². The molecule has 4 nitrogen and oxygen atoms in total. The van der Waals surface area contributed by atoms with Crippen molar-refractivity contribution in [3.63, 3.8) is 0 Å². The van der Waals surface area contributed by atoms with Gasteiger partial charge in [-0.25, -0.2) is 0 Å². The Morgan fingerprint density at radius 1 is 1.15 bits per heavy atom. The highest BCUT2D eigenvalue weighted by molar-refractivity contribution is 8.26. The summed E-state index contributed by atoms with van der Waals surface area (Å²) in [5, 5.41) is 0.605. The van der Waals surface area contributed by atoms with E-state index >= 15 is 0 Å². The minimum Gasteiger partial charge on any atom is -0.493 e. The summed E-state index contributed by atoms with van der Waals surface area (Å²) in [6.07, 6.45) is 2.45. The molecule has 0 radical (unpaired) electrons. The van der Waals surface area contributed by atoms with Gasteiger partial charge in [0.25, 0.3) is 5.91 Å². The molecule has 1 fully saturated rings. The molecule has 2 aromatic rings. The molecule has 0 atom stereocenters. The Hall–Kier alpha value is -2.02. The van der Waals surface area contributed by atoms with E-state index in [1.807, 2.05) is 36.4 Å². The van der Waals surface area contributed by atoms with Crippen LogP contribution >= 0.6 is 35.6 Å². The van der Waals surface area contributed by atoms with Gasteiger partial charge >= 0.3 is 0 Å². The third-order valence-corrected chi connectivity index (χ3v) is 5.86. The zero-order valence-corrected chi connectivity index (χ0v) is 17.3. The van der Waals surface area contributed by atoms with Crippen LogP contribution in [0.15, 0.2) is 47.4 Å². The highest BCUT2D eigenvalue weighted by Crippen LogP contribution is 2.34. The maximum atomic E-state index is 12.7. The number of benzene rings is 2. The number of ether oxygens (including phenoxy) is 2. The summed E-state index contributed by atoms with van der Waals surface area (Å²) in [4.78, 5) is 14.9. The van der Waals surface area contributed by atoms with Crippen molar-refractivity contribution in [1.29, 1.82) is 0 Å². The number of thiocarbonyl (C=S) groups is 1. The molecule has 0 unspecified atom stereocenters. The molecule has 0 aliphatic carbocycles. The molecule has 0 spiro atoms. The van der Waals surface area contributed by atoms with Crippen molar-refractivity contribution in [2.75, 3.05) is 20.8 Å². The highest BCUT2D eigenvalue weighted by Gasteiger charge is 2.31. The van der Waals surface area contributed by atoms with E-state index in [4.69, 9.17) is 33.3 Å². The molecule has 0 N–H and O–H groups in total. The van der Waals surface area contributed by atoms with Crippen LogP contribution in [0.2, 0.25) is 5.02 Å². The largest absolute Gasteiger partial charge is 0.493 e. The van der Waals surface area contributed by atoms with Gasteiger partial charge in [0, 0.05) is 11.6 Å². The lowest BCUT2D eigenvalue weighted by molar-refractivity contribution is -0.122. The number of methoxy groups -OCH3 is 2. The quantitative estimate of drug-likeness (QED) is 0.496. The first-order valence-corrected chi connectivity index (χ1v) is 9.84. The van der Waals surface area contributed by atoms with Crippen LogP contribution in [0.1, 0.15) is 11.1 Å². The first-order chi connectivity index (χ1) is 13.0. The molecule has 140 valence electrons. The standard InChI is InChI=1S/C20H18ClNO3S2/c1-24-16-8-7-13(11-17(16)25-2)9-10-22-19(23)18(27-20(22)26)12-14-5-3-4-6-15(14)21/h3-8,11-12H,9-10H2,1-2H3/b18-12+. The van der Waals surface area contributed by atoms with E-state index in [1.54, 1.807) is 31.3 Å². The van der Waals surface area contributed by atoms with Gasteiger partial charge in [-0.3, -0.25) is 9.69 Å². The number of carbonyl (C=O) groups excluding carboxylic acids is 1. The van der Waals surface area contributed by atoms with Crippen LogP contribution in [0, 0.1) is 0 Å². The summed E-state index contributed by atoms with van der Waals surface area (Å²) in [7, 11) is 3.20. The number of carbonyl (C=O) groups is 1. The number of rotatable bonds is 6. The van der Waals surface area contributed by atoms with Crippen molar-refractivity contribution >= 4 is 51.9 Å². The third-order valence-electron chi connectivity index (χ3n) is 4.14. The number of nitrogens with zero attached hydrogens (tertiary/aromatic N) is 1. The smallest absolute Gasteiger partial charge is 0.266 e. The monoisotopic (exact) mass is 419 g/mol. The number of thioether (sulfide) groups is 1. The zero-order valence-electron chi connectivity index (χ0n) is 14.9. The van der Waals surface area contributed by atoms with E-state index in [0.717, 1.165) is 11.1 Å². The highest BCUT2D eigenvalue weighted by atomic mass is 35.5. The van der Waals surface area contributed by atoms with E-state index < -0.39 is 0 Å². The molecule has 1 aliphatic rings. The number of amides is 1. The van der Waals surface area contributed by atoms with Crippen molar-refractivity contribution in [3.8, 4) is 11.5 Å². The SMILES string of the molecule is COc1ccc(CCN2C(=O)/C(=C\c3ccccc3Cl)SC2=S)cc1OC. The fourth-order valence-electron chi connectivity index (χ4n) is 2.70. The van der Waals surface area contributed by atoms with Crippen molar-refractivity contribution < 1.29 is 14.3 Å². The molecule has 27 heavy (non-hydrogen) atoms. The Morgan fingerprint density at radius 3 is 2.59 bits per heavy atom. The molecule has 7 heteroatoms. The van der Waals surface area contributed by atoms with Gasteiger partial charge in [-0.05, 0) is 41.8 Å². The normalized spacial score (nSPS) is 15.5. The topological polar surface area (TPSA) is 38.8 Å². The van der Waals surface area contributed by atoms with Gasteiger partial charge in [-0.15, -0.1) is 0 Å². The van der Waals surface area contributed by atoms with E-state index in [0.29, 0.717) is 38.7 Å². The predicted molar refractivity (Wildman–Crippen MR) is 115 cm³/mol. The first kappa shape index (κ1) is 19.7.